The van der Waals surface area contributed by atoms with Crippen LogP contribution in [-0.2, 0) is 9.59 Å². The van der Waals surface area contributed by atoms with Gasteiger partial charge in [0.25, 0.3) is 11.7 Å². The average molecular weight is 436 g/mol. The molecule has 0 bridgehead atoms. The molecule has 1 unspecified atom stereocenters. The van der Waals surface area contributed by atoms with Crippen molar-refractivity contribution >= 4 is 23.1 Å². The molecule has 162 valence electrons. The number of aliphatic hydroxyl groups is 1. The van der Waals surface area contributed by atoms with Crippen LogP contribution in [0.1, 0.15) is 24.1 Å². The fourth-order valence-corrected chi connectivity index (χ4v) is 3.64. The molecule has 3 aromatic rings. The minimum atomic E-state index is -1.17. The number of rotatable bonds is 5. The van der Waals surface area contributed by atoms with Crippen molar-refractivity contribution < 1.29 is 28.2 Å². The number of anilines is 1. The maximum atomic E-state index is 13.9. The number of amides is 1. The van der Waals surface area contributed by atoms with Crippen molar-refractivity contribution in [2.24, 2.45) is 0 Å². The predicted octanol–water partition coefficient (Wildman–Crippen LogP) is 4.38. The molecule has 1 aliphatic rings. The maximum absolute atomic E-state index is 13.9. The number of carbonyl (C=O) groups is 2. The number of hydrogen-bond acceptors (Lipinski definition) is 5. The molecule has 1 amide bonds. The van der Waals surface area contributed by atoms with Crippen molar-refractivity contribution in [3.8, 4) is 5.75 Å². The summed E-state index contributed by atoms with van der Waals surface area (Å²) < 4.78 is 32.9. The quantitative estimate of drug-likeness (QED) is 0.365. The summed E-state index contributed by atoms with van der Waals surface area (Å²) in [5.41, 5.74) is 0.468. The topological polar surface area (TPSA) is 79.7 Å². The lowest BCUT2D eigenvalue weighted by molar-refractivity contribution is -0.132. The van der Waals surface area contributed by atoms with Crippen LogP contribution in [0, 0.1) is 11.6 Å². The fraction of sp³-hybridized carbons (Fsp3) is 0.125. The van der Waals surface area contributed by atoms with Gasteiger partial charge in [-0.05, 0) is 42.8 Å². The molecule has 2 heterocycles. The Hall–Kier alpha value is -4.07. The van der Waals surface area contributed by atoms with E-state index in [-0.39, 0.29) is 16.8 Å². The van der Waals surface area contributed by atoms with Crippen LogP contribution in [0.4, 0.5) is 14.5 Å². The smallest absolute Gasteiger partial charge is 0.300 e. The number of carbonyl (C=O) groups excluding carboxylic acids is 2. The van der Waals surface area contributed by atoms with E-state index in [0.29, 0.717) is 17.9 Å². The standard InChI is InChI=1S/C24H18F2N2O4/c1-2-32-17-7-3-5-14(11-17)22(29)20-21(15-6-4-10-27-13-15)28(24(31)23(20)30)16-8-9-18(25)19(26)12-16/h3-13,21,29H,2H2,1H3/b22-20+. The zero-order chi connectivity index (χ0) is 22.8. The molecule has 1 saturated heterocycles. The summed E-state index contributed by atoms with van der Waals surface area (Å²) >= 11 is 0. The minimum absolute atomic E-state index is 0.0260. The second-order valence-corrected chi connectivity index (χ2v) is 7.01. The summed E-state index contributed by atoms with van der Waals surface area (Å²) in [4.78, 5) is 31.1. The monoisotopic (exact) mass is 436 g/mol. The molecule has 4 rings (SSSR count). The van der Waals surface area contributed by atoms with Crippen LogP contribution in [0.2, 0.25) is 0 Å². The van der Waals surface area contributed by atoms with Gasteiger partial charge in [0.2, 0.25) is 0 Å². The summed E-state index contributed by atoms with van der Waals surface area (Å²) in [6.07, 6.45) is 2.95. The number of halogens is 2. The maximum Gasteiger partial charge on any atom is 0.300 e. The number of nitrogens with zero attached hydrogens (tertiary/aromatic N) is 2. The van der Waals surface area contributed by atoms with Gasteiger partial charge in [0.05, 0.1) is 18.2 Å². The molecule has 0 radical (unpaired) electrons. The molecule has 32 heavy (non-hydrogen) atoms. The average Bonchev–Trinajstić information content (AvgIpc) is 3.07. The Bertz CT molecular complexity index is 1230. The van der Waals surface area contributed by atoms with Gasteiger partial charge in [-0.1, -0.05) is 18.2 Å². The van der Waals surface area contributed by atoms with E-state index in [0.717, 1.165) is 17.0 Å². The zero-order valence-electron chi connectivity index (χ0n) is 17.0. The van der Waals surface area contributed by atoms with E-state index in [2.05, 4.69) is 4.98 Å². The summed E-state index contributed by atoms with van der Waals surface area (Å²) in [5.74, 6) is -4.13. The van der Waals surface area contributed by atoms with Gasteiger partial charge in [-0.15, -0.1) is 0 Å². The van der Waals surface area contributed by atoms with E-state index in [1.807, 2.05) is 6.92 Å². The molecule has 0 aliphatic carbocycles. The van der Waals surface area contributed by atoms with Crippen molar-refractivity contribution in [1.29, 1.82) is 0 Å². The number of ether oxygens (including phenoxy) is 1. The molecule has 8 heteroatoms. The van der Waals surface area contributed by atoms with E-state index < -0.39 is 35.1 Å². The highest BCUT2D eigenvalue weighted by molar-refractivity contribution is 6.51. The minimum Gasteiger partial charge on any atom is -0.507 e. The summed E-state index contributed by atoms with van der Waals surface area (Å²) in [7, 11) is 0. The number of hydrogen-bond donors (Lipinski definition) is 1. The molecular weight excluding hydrogens is 418 g/mol. The Balaban J connectivity index is 1.92. The van der Waals surface area contributed by atoms with Gasteiger partial charge in [0, 0.05) is 29.7 Å². The van der Waals surface area contributed by atoms with Crippen molar-refractivity contribution in [1.82, 2.24) is 4.98 Å². The number of pyridine rings is 1. The first kappa shape index (κ1) is 21.2. The third-order valence-electron chi connectivity index (χ3n) is 5.04. The molecule has 0 spiro atoms. The fourth-order valence-electron chi connectivity index (χ4n) is 3.64. The van der Waals surface area contributed by atoms with E-state index >= 15 is 0 Å². The van der Waals surface area contributed by atoms with Crippen molar-refractivity contribution in [3.63, 3.8) is 0 Å². The van der Waals surface area contributed by atoms with E-state index in [9.17, 15) is 23.5 Å². The first-order valence-electron chi connectivity index (χ1n) is 9.81. The van der Waals surface area contributed by atoms with E-state index in [1.54, 1.807) is 36.4 Å². The van der Waals surface area contributed by atoms with Crippen LogP contribution in [0.15, 0.2) is 72.6 Å². The lowest BCUT2D eigenvalue weighted by atomic mass is 9.96. The molecule has 0 saturated carbocycles. The van der Waals surface area contributed by atoms with Gasteiger partial charge in [-0.2, -0.15) is 0 Å². The van der Waals surface area contributed by atoms with Crippen LogP contribution in [0.5, 0.6) is 5.75 Å². The number of ketones is 1. The molecule has 1 N–H and O–H groups in total. The van der Waals surface area contributed by atoms with Crippen LogP contribution in [0.25, 0.3) is 5.76 Å². The highest BCUT2D eigenvalue weighted by atomic mass is 19.2. The molecule has 1 aliphatic heterocycles. The van der Waals surface area contributed by atoms with Crippen LogP contribution in [-0.4, -0.2) is 28.4 Å². The zero-order valence-corrected chi connectivity index (χ0v) is 17.0. The van der Waals surface area contributed by atoms with Gasteiger partial charge in [0.15, 0.2) is 11.6 Å². The van der Waals surface area contributed by atoms with Crippen LogP contribution in [0.3, 0.4) is 0 Å². The first-order valence-corrected chi connectivity index (χ1v) is 9.81. The predicted molar refractivity (Wildman–Crippen MR) is 113 cm³/mol. The normalized spacial score (nSPS) is 17.6. The summed E-state index contributed by atoms with van der Waals surface area (Å²) in [5, 5.41) is 11.1. The van der Waals surface area contributed by atoms with Crippen molar-refractivity contribution in [3.05, 3.63) is 95.3 Å². The van der Waals surface area contributed by atoms with Gasteiger partial charge < -0.3 is 9.84 Å². The van der Waals surface area contributed by atoms with Gasteiger partial charge in [-0.25, -0.2) is 8.78 Å². The van der Waals surface area contributed by atoms with Crippen LogP contribution < -0.4 is 9.64 Å². The Morgan fingerprint density at radius 2 is 1.91 bits per heavy atom. The van der Waals surface area contributed by atoms with Gasteiger partial charge in [-0.3, -0.25) is 19.5 Å². The molecular formula is C24H18F2N2O4. The highest BCUT2D eigenvalue weighted by Crippen LogP contribution is 2.42. The largest absolute Gasteiger partial charge is 0.507 e. The summed E-state index contributed by atoms with van der Waals surface area (Å²) in [6, 6.07) is 11.5. The molecule has 1 aromatic heterocycles. The third kappa shape index (κ3) is 3.71. The Labute approximate surface area is 182 Å². The third-order valence-corrected chi connectivity index (χ3v) is 5.04. The van der Waals surface area contributed by atoms with Gasteiger partial charge >= 0.3 is 0 Å². The van der Waals surface area contributed by atoms with Crippen LogP contribution >= 0.6 is 0 Å². The molecule has 2 aromatic carbocycles. The Morgan fingerprint density at radius 1 is 1.09 bits per heavy atom. The second-order valence-electron chi connectivity index (χ2n) is 7.01. The van der Waals surface area contributed by atoms with Crippen molar-refractivity contribution in [2.45, 2.75) is 13.0 Å². The Kier molecular flexibility index (Phi) is 5.68. The van der Waals surface area contributed by atoms with Gasteiger partial charge in [0.1, 0.15) is 11.5 Å². The SMILES string of the molecule is CCOc1cccc(/C(O)=C2\C(=O)C(=O)N(c3ccc(F)c(F)c3)C2c2cccnc2)c1. The van der Waals surface area contributed by atoms with Crippen molar-refractivity contribution in [2.75, 3.05) is 11.5 Å². The first-order chi connectivity index (χ1) is 15.4. The number of aromatic nitrogens is 1. The molecule has 1 atom stereocenters. The number of aliphatic hydroxyl groups excluding tert-OH is 1. The lowest BCUT2D eigenvalue weighted by Crippen LogP contribution is -2.29. The highest BCUT2D eigenvalue weighted by Gasteiger charge is 2.47. The van der Waals surface area contributed by atoms with E-state index in [4.69, 9.17) is 4.74 Å². The molecule has 1 fully saturated rings. The number of benzene rings is 2. The summed E-state index contributed by atoms with van der Waals surface area (Å²) in [6.45, 7) is 2.21. The number of Topliss-reactive ketones (excluding diaryl/α,β-unsaturated/α-hetero) is 1. The second kappa shape index (κ2) is 8.58. The Morgan fingerprint density at radius 3 is 2.59 bits per heavy atom. The molecule has 6 nitrogen and oxygen atoms in total. The lowest BCUT2D eigenvalue weighted by Gasteiger charge is -2.25. The van der Waals surface area contributed by atoms with E-state index in [1.165, 1.54) is 18.5 Å².